The lowest BCUT2D eigenvalue weighted by molar-refractivity contribution is -0.131. The lowest BCUT2D eigenvalue weighted by Gasteiger charge is -2.36. The molecule has 1 saturated heterocycles. The monoisotopic (exact) mass is 434 g/mol. The van der Waals surface area contributed by atoms with Crippen LogP contribution in [-0.4, -0.2) is 72.7 Å². The number of benzene rings is 2. The number of fused-ring (bicyclic) bond motifs is 1. The molecule has 4 rings (SSSR count). The van der Waals surface area contributed by atoms with Gasteiger partial charge in [-0.05, 0) is 24.3 Å². The Morgan fingerprint density at radius 2 is 1.38 bits per heavy atom. The van der Waals surface area contributed by atoms with E-state index >= 15 is 0 Å². The summed E-state index contributed by atoms with van der Waals surface area (Å²) in [6.45, 7) is 3.12. The minimum atomic E-state index is -0.372. The van der Waals surface area contributed by atoms with Crippen LogP contribution in [0.25, 0.3) is 0 Å². The molecule has 2 aliphatic heterocycles. The Balaban J connectivity index is 1.15. The van der Waals surface area contributed by atoms with Gasteiger partial charge in [-0.1, -0.05) is 30.3 Å². The summed E-state index contributed by atoms with van der Waals surface area (Å²) < 4.78 is 0. The van der Waals surface area contributed by atoms with Crippen molar-refractivity contribution in [3.63, 3.8) is 0 Å². The molecule has 4 amide bonds. The summed E-state index contributed by atoms with van der Waals surface area (Å²) >= 11 is 0. The molecule has 2 aromatic carbocycles. The van der Waals surface area contributed by atoms with Crippen LogP contribution in [0.2, 0.25) is 0 Å². The molecule has 0 unspecified atom stereocenters. The molecule has 8 heteroatoms. The first-order chi connectivity index (χ1) is 15.5. The van der Waals surface area contributed by atoms with Gasteiger partial charge in [-0.15, -0.1) is 0 Å². The molecule has 2 heterocycles. The van der Waals surface area contributed by atoms with Gasteiger partial charge in [0.25, 0.3) is 11.8 Å². The maximum Gasteiger partial charge on any atom is 0.261 e. The summed E-state index contributed by atoms with van der Waals surface area (Å²) in [5.74, 6) is -1.02. The number of carbonyl (C=O) groups excluding carboxylic acids is 4. The molecule has 0 saturated carbocycles. The molecule has 1 N–H and O–H groups in total. The number of imide groups is 1. The summed E-state index contributed by atoms with van der Waals surface area (Å²) in [5.41, 5.74) is 1.90. The summed E-state index contributed by atoms with van der Waals surface area (Å²) in [6, 6.07) is 16.8. The van der Waals surface area contributed by atoms with Crippen LogP contribution < -0.4 is 10.2 Å². The van der Waals surface area contributed by atoms with Gasteiger partial charge in [0, 0.05) is 57.8 Å². The molecule has 166 valence electrons. The second-order valence-electron chi connectivity index (χ2n) is 7.86. The number of nitrogens with zero attached hydrogens (tertiary/aromatic N) is 3. The highest BCUT2D eigenvalue weighted by atomic mass is 16.2. The summed E-state index contributed by atoms with van der Waals surface area (Å²) in [4.78, 5) is 54.5. The predicted octanol–water partition coefficient (Wildman–Crippen LogP) is 1.53. The smallest absolute Gasteiger partial charge is 0.261 e. The zero-order valence-electron chi connectivity index (χ0n) is 17.8. The van der Waals surface area contributed by atoms with Gasteiger partial charge in [-0.2, -0.15) is 0 Å². The third-order valence-corrected chi connectivity index (χ3v) is 5.86. The van der Waals surface area contributed by atoms with E-state index in [0.717, 1.165) is 23.7 Å². The fourth-order valence-corrected chi connectivity index (χ4v) is 4.06. The maximum absolute atomic E-state index is 12.5. The highest BCUT2D eigenvalue weighted by molar-refractivity contribution is 6.21. The lowest BCUT2D eigenvalue weighted by Crippen LogP contribution is -2.49. The van der Waals surface area contributed by atoms with E-state index in [9.17, 15) is 19.2 Å². The molecule has 1 fully saturated rings. The van der Waals surface area contributed by atoms with Crippen molar-refractivity contribution >= 4 is 29.3 Å². The second kappa shape index (κ2) is 9.64. The average Bonchev–Trinajstić information content (AvgIpc) is 3.08. The van der Waals surface area contributed by atoms with Crippen molar-refractivity contribution in [3.05, 3.63) is 65.7 Å². The van der Waals surface area contributed by atoms with Crippen molar-refractivity contribution in [2.45, 2.75) is 12.8 Å². The number of anilines is 1. The number of nitrogens with one attached hydrogen (secondary N) is 1. The Morgan fingerprint density at radius 3 is 2.00 bits per heavy atom. The first-order valence-corrected chi connectivity index (χ1v) is 10.8. The fraction of sp³-hybridized carbons (Fsp3) is 0.333. The predicted molar refractivity (Wildman–Crippen MR) is 119 cm³/mol. The lowest BCUT2D eigenvalue weighted by atomic mass is 10.1. The van der Waals surface area contributed by atoms with Crippen LogP contribution in [0.15, 0.2) is 54.6 Å². The van der Waals surface area contributed by atoms with Gasteiger partial charge in [-0.3, -0.25) is 24.1 Å². The molecule has 8 nitrogen and oxygen atoms in total. The van der Waals surface area contributed by atoms with Gasteiger partial charge in [-0.25, -0.2) is 0 Å². The van der Waals surface area contributed by atoms with Crippen molar-refractivity contribution in [2.24, 2.45) is 0 Å². The molecule has 0 aliphatic carbocycles. The SMILES string of the molecule is O=C(CCN1C(=O)c2ccccc2C1=O)NCCC(=O)N1CCN(c2ccccc2)CC1. The van der Waals surface area contributed by atoms with Gasteiger partial charge in [0.05, 0.1) is 11.1 Å². The Bertz CT molecular complexity index is 981. The number of hydrogen-bond donors (Lipinski definition) is 1. The van der Waals surface area contributed by atoms with Crippen LogP contribution in [0.5, 0.6) is 0 Å². The van der Waals surface area contributed by atoms with E-state index in [2.05, 4.69) is 22.3 Å². The molecule has 0 atom stereocenters. The third-order valence-electron chi connectivity index (χ3n) is 5.86. The van der Waals surface area contributed by atoms with Crippen LogP contribution in [0.3, 0.4) is 0 Å². The minimum Gasteiger partial charge on any atom is -0.368 e. The quantitative estimate of drug-likeness (QED) is 0.668. The van der Waals surface area contributed by atoms with E-state index in [0.29, 0.717) is 24.2 Å². The maximum atomic E-state index is 12.5. The Labute approximate surface area is 186 Å². The molecule has 32 heavy (non-hydrogen) atoms. The Morgan fingerprint density at radius 1 is 0.781 bits per heavy atom. The third kappa shape index (κ3) is 4.64. The number of piperazine rings is 1. The molecular formula is C24H26N4O4. The number of hydrogen-bond acceptors (Lipinski definition) is 5. The summed E-state index contributed by atoms with van der Waals surface area (Å²) in [6.07, 6.45) is 0.236. The molecular weight excluding hydrogens is 408 g/mol. The molecule has 2 aromatic rings. The van der Waals surface area contributed by atoms with Gasteiger partial charge in [0.2, 0.25) is 11.8 Å². The number of para-hydroxylation sites is 1. The highest BCUT2D eigenvalue weighted by Crippen LogP contribution is 2.22. The average molecular weight is 434 g/mol. The van der Waals surface area contributed by atoms with Crippen LogP contribution >= 0.6 is 0 Å². The Hall–Kier alpha value is -3.68. The van der Waals surface area contributed by atoms with Gasteiger partial charge in [0.1, 0.15) is 0 Å². The molecule has 0 aromatic heterocycles. The van der Waals surface area contributed by atoms with Gasteiger partial charge < -0.3 is 15.1 Å². The zero-order chi connectivity index (χ0) is 22.5. The molecule has 0 bridgehead atoms. The van der Waals surface area contributed by atoms with E-state index in [1.807, 2.05) is 23.1 Å². The number of carbonyl (C=O) groups is 4. The van der Waals surface area contributed by atoms with E-state index in [4.69, 9.17) is 0 Å². The van der Waals surface area contributed by atoms with Crippen LogP contribution in [0.4, 0.5) is 5.69 Å². The molecule has 2 aliphatic rings. The van der Waals surface area contributed by atoms with Crippen LogP contribution in [0, 0.1) is 0 Å². The van der Waals surface area contributed by atoms with Crippen molar-refractivity contribution in [3.8, 4) is 0 Å². The Kier molecular flexibility index (Phi) is 6.49. The van der Waals surface area contributed by atoms with Crippen molar-refractivity contribution < 1.29 is 19.2 Å². The van der Waals surface area contributed by atoms with E-state index in [-0.39, 0.29) is 49.6 Å². The summed E-state index contributed by atoms with van der Waals surface area (Å²) in [5, 5.41) is 2.72. The van der Waals surface area contributed by atoms with E-state index in [1.54, 1.807) is 24.3 Å². The van der Waals surface area contributed by atoms with Gasteiger partial charge >= 0.3 is 0 Å². The number of rotatable bonds is 7. The first-order valence-electron chi connectivity index (χ1n) is 10.8. The zero-order valence-corrected chi connectivity index (χ0v) is 17.8. The molecule has 0 radical (unpaired) electrons. The summed E-state index contributed by atoms with van der Waals surface area (Å²) in [7, 11) is 0. The normalized spacial score (nSPS) is 15.7. The highest BCUT2D eigenvalue weighted by Gasteiger charge is 2.34. The first kappa shape index (κ1) is 21.5. The van der Waals surface area contributed by atoms with Crippen LogP contribution in [0.1, 0.15) is 33.6 Å². The van der Waals surface area contributed by atoms with Crippen molar-refractivity contribution in [2.75, 3.05) is 44.2 Å². The topological polar surface area (TPSA) is 90.0 Å². The van der Waals surface area contributed by atoms with Gasteiger partial charge in [0.15, 0.2) is 0 Å². The van der Waals surface area contributed by atoms with E-state index in [1.165, 1.54) is 0 Å². The van der Waals surface area contributed by atoms with Crippen LogP contribution in [-0.2, 0) is 9.59 Å². The van der Waals surface area contributed by atoms with Crippen molar-refractivity contribution in [1.82, 2.24) is 15.1 Å². The second-order valence-corrected chi connectivity index (χ2v) is 7.86. The number of amides is 4. The minimum absolute atomic E-state index is 0.00933. The molecule has 0 spiro atoms. The fourth-order valence-electron chi connectivity index (χ4n) is 4.06. The van der Waals surface area contributed by atoms with E-state index < -0.39 is 0 Å². The largest absolute Gasteiger partial charge is 0.368 e. The standard InChI is InChI=1S/C24H26N4O4/c29-21(11-13-28-23(31)19-8-4-5-9-20(19)24(28)32)25-12-10-22(30)27-16-14-26(15-17-27)18-6-2-1-3-7-18/h1-9H,10-17H2,(H,25,29). The van der Waals surface area contributed by atoms with Crippen molar-refractivity contribution in [1.29, 1.82) is 0 Å².